The van der Waals surface area contributed by atoms with Crippen molar-refractivity contribution in [2.24, 2.45) is 0 Å². The first-order valence-electron chi connectivity index (χ1n) is 6.16. The fraction of sp³-hybridized carbons (Fsp3) is 0.357. The standard InChI is InChI=1S/C14H17N3/c1-11-9-16-14(12-5-3-2-4-6-12)17(11)13-7-8-15-10-13/h2-6,9,13,15H,7-8,10H2,1H3. The van der Waals surface area contributed by atoms with Gasteiger partial charge in [-0.3, -0.25) is 0 Å². The molecule has 1 atom stereocenters. The van der Waals surface area contributed by atoms with Gasteiger partial charge in [-0.1, -0.05) is 30.3 Å². The van der Waals surface area contributed by atoms with E-state index in [1.54, 1.807) is 0 Å². The van der Waals surface area contributed by atoms with Crippen LogP contribution in [-0.4, -0.2) is 22.6 Å². The topological polar surface area (TPSA) is 29.9 Å². The first kappa shape index (κ1) is 10.5. The Morgan fingerprint density at radius 3 is 2.82 bits per heavy atom. The van der Waals surface area contributed by atoms with Crippen LogP contribution in [0.4, 0.5) is 0 Å². The van der Waals surface area contributed by atoms with E-state index >= 15 is 0 Å². The average Bonchev–Trinajstić information content (AvgIpc) is 2.99. The molecule has 1 aliphatic rings. The van der Waals surface area contributed by atoms with Crippen molar-refractivity contribution in [3.8, 4) is 11.4 Å². The normalized spacial score (nSPS) is 19.7. The second-order valence-electron chi connectivity index (χ2n) is 4.61. The molecule has 1 aliphatic heterocycles. The van der Waals surface area contributed by atoms with E-state index in [0.717, 1.165) is 18.9 Å². The van der Waals surface area contributed by atoms with Crippen LogP contribution >= 0.6 is 0 Å². The molecule has 1 unspecified atom stereocenters. The summed E-state index contributed by atoms with van der Waals surface area (Å²) in [5.41, 5.74) is 2.45. The smallest absolute Gasteiger partial charge is 0.140 e. The lowest BCUT2D eigenvalue weighted by Crippen LogP contribution is -2.15. The summed E-state index contributed by atoms with van der Waals surface area (Å²) in [6, 6.07) is 11.0. The van der Waals surface area contributed by atoms with E-state index < -0.39 is 0 Å². The second kappa shape index (κ2) is 4.34. The number of aromatic nitrogens is 2. The molecule has 1 aromatic carbocycles. The molecule has 1 N–H and O–H groups in total. The summed E-state index contributed by atoms with van der Waals surface area (Å²) in [6.45, 7) is 4.30. The molecule has 0 radical (unpaired) electrons. The number of hydrogen-bond acceptors (Lipinski definition) is 2. The maximum absolute atomic E-state index is 4.57. The number of rotatable bonds is 2. The van der Waals surface area contributed by atoms with Gasteiger partial charge in [-0.15, -0.1) is 0 Å². The van der Waals surface area contributed by atoms with Gasteiger partial charge in [0.25, 0.3) is 0 Å². The third kappa shape index (κ3) is 1.87. The van der Waals surface area contributed by atoms with Crippen molar-refractivity contribution in [2.75, 3.05) is 13.1 Å². The van der Waals surface area contributed by atoms with Crippen molar-refractivity contribution < 1.29 is 0 Å². The van der Waals surface area contributed by atoms with Gasteiger partial charge in [0.05, 0.1) is 0 Å². The summed E-state index contributed by atoms with van der Waals surface area (Å²) in [7, 11) is 0. The van der Waals surface area contributed by atoms with Crippen LogP contribution < -0.4 is 5.32 Å². The van der Waals surface area contributed by atoms with Gasteiger partial charge in [0.1, 0.15) is 5.82 Å². The molecular weight excluding hydrogens is 210 g/mol. The van der Waals surface area contributed by atoms with Crippen LogP contribution in [-0.2, 0) is 0 Å². The lowest BCUT2D eigenvalue weighted by molar-refractivity contribution is 0.541. The summed E-state index contributed by atoms with van der Waals surface area (Å²) in [4.78, 5) is 4.57. The molecule has 1 fully saturated rings. The van der Waals surface area contributed by atoms with E-state index in [4.69, 9.17) is 0 Å². The highest BCUT2D eigenvalue weighted by molar-refractivity contribution is 5.56. The summed E-state index contributed by atoms with van der Waals surface area (Å²) in [6.07, 6.45) is 3.16. The van der Waals surface area contributed by atoms with E-state index in [0.29, 0.717) is 6.04 Å². The van der Waals surface area contributed by atoms with Crippen LogP contribution in [0.15, 0.2) is 36.5 Å². The minimum Gasteiger partial charge on any atom is -0.324 e. The molecule has 0 spiro atoms. The second-order valence-corrected chi connectivity index (χ2v) is 4.61. The van der Waals surface area contributed by atoms with E-state index in [9.17, 15) is 0 Å². The van der Waals surface area contributed by atoms with Crippen LogP contribution in [0.3, 0.4) is 0 Å². The zero-order valence-electron chi connectivity index (χ0n) is 10.1. The van der Waals surface area contributed by atoms with Crippen LogP contribution in [0.5, 0.6) is 0 Å². The van der Waals surface area contributed by atoms with Gasteiger partial charge in [-0.25, -0.2) is 4.98 Å². The first-order valence-corrected chi connectivity index (χ1v) is 6.16. The minimum atomic E-state index is 0.549. The molecule has 88 valence electrons. The zero-order valence-corrected chi connectivity index (χ0v) is 10.1. The molecule has 1 aromatic heterocycles. The third-order valence-electron chi connectivity index (χ3n) is 3.41. The summed E-state index contributed by atoms with van der Waals surface area (Å²) in [5.74, 6) is 1.09. The van der Waals surface area contributed by atoms with E-state index in [1.165, 1.54) is 17.7 Å². The van der Waals surface area contributed by atoms with Crippen molar-refractivity contribution in [1.82, 2.24) is 14.9 Å². The fourth-order valence-corrected chi connectivity index (χ4v) is 2.57. The van der Waals surface area contributed by atoms with Gasteiger partial charge in [-0.2, -0.15) is 0 Å². The van der Waals surface area contributed by atoms with Crippen molar-refractivity contribution >= 4 is 0 Å². The molecule has 2 heterocycles. The maximum Gasteiger partial charge on any atom is 0.140 e. The molecule has 0 aliphatic carbocycles. The minimum absolute atomic E-state index is 0.549. The van der Waals surface area contributed by atoms with Gasteiger partial charge in [-0.05, 0) is 19.9 Å². The van der Waals surface area contributed by atoms with Gasteiger partial charge in [0, 0.05) is 30.0 Å². The number of nitrogens with zero attached hydrogens (tertiary/aromatic N) is 2. The van der Waals surface area contributed by atoms with Crippen molar-refractivity contribution in [2.45, 2.75) is 19.4 Å². The summed E-state index contributed by atoms with van der Waals surface area (Å²) in [5, 5.41) is 3.42. The number of aryl methyl sites for hydroxylation is 1. The Labute approximate surface area is 101 Å². The third-order valence-corrected chi connectivity index (χ3v) is 3.41. The van der Waals surface area contributed by atoms with Crippen LogP contribution in [0.25, 0.3) is 11.4 Å². The highest BCUT2D eigenvalue weighted by Crippen LogP contribution is 2.26. The largest absolute Gasteiger partial charge is 0.324 e. The number of nitrogens with one attached hydrogen (secondary N) is 1. The molecule has 3 nitrogen and oxygen atoms in total. The highest BCUT2D eigenvalue weighted by atomic mass is 15.1. The van der Waals surface area contributed by atoms with Gasteiger partial charge in [0.15, 0.2) is 0 Å². The molecule has 1 saturated heterocycles. The Hall–Kier alpha value is -1.61. The van der Waals surface area contributed by atoms with Crippen molar-refractivity contribution in [1.29, 1.82) is 0 Å². The Morgan fingerprint density at radius 1 is 1.29 bits per heavy atom. The molecule has 3 rings (SSSR count). The highest BCUT2D eigenvalue weighted by Gasteiger charge is 2.21. The van der Waals surface area contributed by atoms with Gasteiger partial charge >= 0.3 is 0 Å². The van der Waals surface area contributed by atoms with Crippen molar-refractivity contribution in [3.63, 3.8) is 0 Å². The lowest BCUT2D eigenvalue weighted by atomic mass is 10.2. The Morgan fingerprint density at radius 2 is 2.12 bits per heavy atom. The van der Waals surface area contributed by atoms with E-state index in [2.05, 4.69) is 46.1 Å². The molecule has 0 amide bonds. The SMILES string of the molecule is Cc1cnc(-c2ccccc2)n1C1CCNC1. The fourth-order valence-electron chi connectivity index (χ4n) is 2.57. The summed E-state index contributed by atoms with van der Waals surface area (Å²) >= 11 is 0. The predicted octanol–water partition coefficient (Wildman–Crippen LogP) is 2.39. The van der Waals surface area contributed by atoms with Crippen molar-refractivity contribution in [3.05, 3.63) is 42.2 Å². The van der Waals surface area contributed by atoms with Gasteiger partial charge < -0.3 is 9.88 Å². The Kier molecular flexibility index (Phi) is 2.69. The van der Waals surface area contributed by atoms with Crippen LogP contribution in [0, 0.1) is 6.92 Å². The Bertz CT molecular complexity index is 495. The van der Waals surface area contributed by atoms with Crippen LogP contribution in [0.2, 0.25) is 0 Å². The zero-order chi connectivity index (χ0) is 11.7. The van der Waals surface area contributed by atoms with E-state index in [1.807, 2.05) is 12.3 Å². The summed E-state index contributed by atoms with van der Waals surface area (Å²) < 4.78 is 2.37. The molecular formula is C14H17N3. The van der Waals surface area contributed by atoms with E-state index in [-0.39, 0.29) is 0 Å². The predicted molar refractivity (Wildman–Crippen MR) is 68.9 cm³/mol. The lowest BCUT2D eigenvalue weighted by Gasteiger charge is -2.16. The molecule has 3 heteroatoms. The number of imidazole rings is 1. The number of hydrogen-bond donors (Lipinski definition) is 1. The Balaban J connectivity index is 2.06. The molecule has 0 bridgehead atoms. The van der Waals surface area contributed by atoms with Crippen LogP contribution in [0.1, 0.15) is 18.2 Å². The number of benzene rings is 1. The maximum atomic E-state index is 4.57. The molecule has 2 aromatic rings. The molecule has 0 saturated carbocycles. The quantitative estimate of drug-likeness (QED) is 0.853. The first-order chi connectivity index (χ1) is 8.36. The average molecular weight is 227 g/mol. The van der Waals surface area contributed by atoms with Gasteiger partial charge in [0.2, 0.25) is 0 Å². The monoisotopic (exact) mass is 227 g/mol. The molecule has 17 heavy (non-hydrogen) atoms.